The van der Waals surface area contributed by atoms with Crippen molar-refractivity contribution in [2.24, 2.45) is 11.8 Å². The van der Waals surface area contributed by atoms with Crippen LogP contribution in [0.1, 0.15) is 38.5 Å². The van der Waals surface area contributed by atoms with Gasteiger partial charge in [0.25, 0.3) is 0 Å². The van der Waals surface area contributed by atoms with Crippen LogP contribution in [0, 0.1) is 11.8 Å². The molecule has 0 aromatic rings. The van der Waals surface area contributed by atoms with Gasteiger partial charge < -0.3 is 15.3 Å². The fourth-order valence-electron chi connectivity index (χ4n) is 2.97. The molecule has 0 aromatic heterocycles. The number of aliphatic carboxylic acids is 1. The number of carboxylic acid groups (broad SMARTS) is 1. The predicted molar refractivity (Wildman–Crippen MR) is 71.9 cm³/mol. The van der Waals surface area contributed by atoms with Gasteiger partial charge in [0.2, 0.25) is 11.8 Å². The first kappa shape index (κ1) is 14.8. The molecular formula is C14H22N2O4. The smallest absolute Gasteiger partial charge is 0.308 e. The van der Waals surface area contributed by atoms with E-state index in [1.165, 1.54) is 11.3 Å². The van der Waals surface area contributed by atoms with Crippen LogP contribution in [0.2, 0.25) is 0 Å². The fourth-order valence-corrected chi connectivity index (χ4v) is 2.97. The molecule has 1 saturated carbocycles. The molecule has 20 heavy (non-hydrogen) atoms. The highest BCUT2D eigenvalue weighted by atomic mass is 16.4. The van der Waals surface area contributed by atoms with Crippen LogP contribution in [0.5, 0.6) is 0 Å². The Morgan fingerprint density at radius 1 is 1.05 bits per heavy atom. The van der Waals surface area contributed by atoms with E-state index in [1.54, 1.807) is 0 Å². The number of likely N-dealkylation sites (tertiary alicyclic amines) is 1. The van der Waals surface area contributed by atoms with E-state index in [1.807, 2.05) is 0 Å². The van der Waals surface area contributed by atoms with Gasteiger partial charge in [0.15, 0.2) is 0 Å². The maximum absolute atomic E-state index is 11.9. The number of rotatable bonds is 4. The van der Waals surface area contributed by atoms with Crippen LogP contribution in [0.25, 0.3) is 0 Å². The third-order valence-corrected chi connectivity index (χ3v) is 4.28. The van der Waals surface area contributed by atoms with Crippen LogP contribution >= 0.6 is 0 Å². The quantitative estimate of drug-likeness (QED) is 0.791. The van der Waals surface area contributed by atoms with Gasteiger partial charge in [-0.2, -0.15) is 0 Å². The molecule has 2 aliphatic rings. The summed E-state index contributed by atoms with van der Waals surface area (Å²) in [5.41, 5.74) is 0. The summed E-state index contributed by atoms with van der Waals surface area (Å²) in [4.78, 5) is 36.2. The molecule has 6 heteroatoms. The molecule has 1 saturated heterocycles. The maximum Gasteiger partial charge on any atom is 0.308 e. The molecule has 2 amide bonds. The van der Waals surface area contributed by atoms with E-state index in [9.17, 15) is 14.4 Å². The molecule has 2 rings (SSSR count). The molecule has 0 spiro atoms. The predicted octanol–water partition coefficient (Wildman–Crippen LogP) is 0.616. The van der Waals surface area contributed by atoms with Crippen LogP contribution in [-0.4, -0.2) is 47.4 Å². The summed E-state index contributed by atoms with van der Waals surface area (Å²) in [7, 11) is 0. The summed E-state index contributed by atoms with van der Waals surface area (Å²) in [5.74, 6) is -1.49. The van der Waals surface area contributed by atoms with Crippen LogP contribution in [0.4, 0.5) is 0 Å². The highest BCUT2D eigenvalue weighted by molar-refractivity contribution is 5.86. The Morgan fingerprint density at radius 3 is 2.35 bits per heavy atom. The number of carbonyl (C=O) groups is 3. The van der Waals surface area contributed by atoms with Gasteiger partial charge in [0.1, 0.15) is 0 Å². The summed E-state index contributed by atoms with van der Waals surface area (Å²) in [6.45, 7) is 0.713. The minimum atomic E-state index is -0.855. The zero-order valence-electron chi connectivity index (χ0n) is 11.6. The molecule has 1 aliphatic carbocycles. The second-order valence-electron chi connectivity index (χ2n) is 5.72. The van der Waals surface area contributed by atoms with Crippen molar-refractivity contribution in [3.63, 3.8) is 0 Å². The second kappa shape index (κ2) is 6.72. The standard InChI is InChI=1S/C14H22N2O4/c17-12(16-7-6-11(9-16)14(19)20)8-15-13(18)10-4-2-1-3-5-10/h10-11H,1-9H2,(H,15,18)(H,19,20). The molecule has 1 atom stereocenters. The fraction of sp³-hybridized carbons (Fsp3) is 0.786. The average molecular weight is 282 g/mol. The molecule has 0 bridgehead atoms. The summed E-state index contributed by atoms with van der Waals surface area (Å²) in [5, 5.41) is 11.6. The van der Waals surface area contributed by atoms with E-state index < -0.39 is 11.9 Å². The molecule has 0 radical (unpaired) electrons. The number of amides is 2. The number of nitrogens with zero attached hydrogens (tertiary/aromatic N) is 1. The van der Waals surface area contributed by atoms with Crippen LogP contribution in [-0.2, 0) is 14.4 Å². The Morgan fingerprint density at radius 2 is 1.75 bits per heavy atom. The minimum absolute atomic E-state index is 0.0122. The van der Waals surface area contributed by atoms with Crippen molar-refractivity contribution in [1.29, 1.82) is 0 Å². The van der Waals surface area contributed by atoms with Gasteiger partial charge in [-0.25, -0.2) is 0 Å². The van der Waals surface area contributed by atoms with Crippen LogP contribution < -0.4 is 5.32 Å². The Labute approximate surface area is 118 Å². The average Bonchev–Trinajstić information content (AvgIpc) is 2.95. The van der Waals surface area contributed by atoms with Gasteiger partial charge in [-0.15, -0.1) is 0 Å². The highest BCUT2D eigenvalue weighted by Gasteiger charge is 2.31. The summed E-state index contributed by atoms with van der Waals surface area (Å²) >= 11 is 0. The van der Waals surface area contributed by atoms with Crippen molar-refractivity contribution in [2.75, 3.05) is 19.6 Å². The lowest BCUT2D eigenvalue weighted by molar-refractivity contribution is -0.141. The molecule has 6 nitrogen and oxygen atoms in total. The van der Waals surface area contributed by atoms with E-state index in [4.69, 9.17) is 5.11 Å². The van der Waals surface area contributed by atoms with E-state index in [0.29, 0.717) is 13.0 Å². The van der Waals surface area contributed by atoms with Gasteiger partial charge in [-0.3, -0.25) is 14.4 Å². The normalized spacial score (nSPS) is 23.6. The molecule has 1 heterocycles. The first-order valence-electron chi connectivity index (χ1n) is 7.36. The SMILES string of the molecule is O=C(O)C1CCN(C(=O)CNC(=O)C2CCCCC2)C1. The molecule has 1 unspecified atom stereocenters. The second-order valence-corrected chi connectivity index (χ2v) is 5.72. The third kappa shape index (κ3) is 3.71. The topological polar surface area (TPSA) is 86.7 Å². The van der Waals surface area contributed by atoms with Crippen molar-refractivity contribution in [3.05, 3.63) is 0 Å². The van der Waals surface area contributed by atoms with Gasteiger partial charge in [-0.05, 0) is 19.3 Å². The molecule has 2 fully saturated rings. The van der Waals surface area contributed by atoms with Crippen molar-refractivity contribution in [1.82, 2.24) is 10.2 Å². The Kier molecular flexibility index (Phi) is 4.98. The van der Waals surface area contributed by atoms with Crippen molar-refractivity contribution in [2.45, 2.75) is 38.5 Å². The lowest BCUT2D eigenvalue weighted by Crippen LogP contribution is -2.41. The van der Waals surface area contributed by atoms with Gasteiger partial charge in [0, 0.05) is 19.0 Å². The van der Waals surface area contributed by atoms with E-state index in [-0.39, 0.29) is 30.8 Å². The lowest BCUT2D eigenvalue weighted by atomic mass is 9.89. The Bertz CT molecular complexity index is 391. The first-order chi connectivity index (χ1) is 9.58. The molecule has 2 N–H and O–H groups in total. The summed E-state index contributed by atoms with van der Waals surface area (Å²) in [6, 6.07) is 0. The Balaban J connectivity index is 1.72. The zero-order chi connectivity index (χ0) is 14.5. The third-order valence-electron chi connectivity index (χ3n) is 4.28. The number of carboxylic acids is 1. The minimum Gasteiger partial charge on any atom is -0.481 e. The highest BCUT2D eigenvalue weighted by Crippen LogP contribution is 2.23. The molecular weight excluding hydrogens is 260 g/mol. The van der Waals surface area contributed by atoms with Crippen LogP contribution in [0.3, 0.4) is 0 Å². The molecule has 1 aliphatic heterocycles. The first-order valence-corrected chi connectivity index (χ1v) is 7.36. The van der Waals surface area contributed by atoms with E-state index >= 15 is 0 Å². The summed E-state index contributed by atoms with van der Waals surface area (Å²) < 4.78 is 0. The van der Waals surface area contributed by atoms with Gasteiger partial charge in [-0.1, -0.05) is 19.3 Å². The molecule has 0 aromatic carbocycles. The maximum atomic E-state index is 11.9. The van der Waals surface area contributed by atoms with Crippen LogP contribution in [0.15, 0.2) is 0 Å². The summed E-state index contributed by atoms with van der Waals surface area (Å²) in [6.07, 6.45) is 5.66. The van der Waals surface area contributed by atoms with E-state index in [0.717, 1.165) is 25.7 Å². The monoisotopic (exact) mass is 282 g/mol. The Hall–Kier alpha value is -1.59. The van der Waals surface area contributed by atoms with E-state index in [2.05, 4.69) is 5.32 Å². The number of hydrogen-bond donors (Lipinski definition) is 2. The largest absolute Gasteiger partial charge is 0.481 e. The van der Waals surface area contributed by atoms with Crippen molar-refractivity contribution >= 4 is 17.8 Å². The van der Waals surface area contributed by atoms with Crippen molar-refractivity contribution in [3.8, 4) is 0 Å². The molecule has 112 valence electrons. The zero-order valence-corrected chi connectivity index (χ0v) is 11.6. The van der Waals surface area contributed by atoms with Crippen molar-refractivity contribution < 1.29 is 19.5 Å². The number of carbonyl (C=O) groups excluding carboxylic acids is 2. The van der Waals surface area contributed by atoms with Gasteiger partial charge >= 0.3 is 5.97 Å². The number of hydrogen-bond acceptors (Lipinski definition) is 3. The number of nitrogens with one attached hydrogen (secondary N) is 1. The lowest BCUT2D eigenvalue weighted by Gasteiger charge is -2.21. The van der Waals surface area contributed by atoms with Gasteiger partial charge in [0.05, 0.1) is 12.5 Å².